The number of halogens is 2. The molecule has 1 aliphatic heterocycles. The fourth-order valence-electron chi connectivity index (χ4n) is 3.34. The Kier molecular flexibility index (Phi) is 5.87. The summed E-state index contributed by atoms with van der Waals surface area (Å²) >= 11 is 8.79. The van der Waals surface area contributed by atoms with Gasteiger partial charge in [0.2, 0.25) is 0 Å². The van der Waals surface area contributed by atoms with Crippen molar-refractivity contribution in [3.05, 3.63) is 64.1 Å². The molecule has 0 atom stereocenters. The van der Waals surface area contributed by atoms with Crippen LogP contribution in [0.15, 0.2) is 53.2 Å². The minimum atomic E-state index is -0.384. The molecule has 5 rings (SSSR count). The van der Waals surface area contributed by atoms with Gasteiger partial charge in [-0.3, -0.25) is 0 Å². The van der Waals surface area contributed by atoms with E-state index < -0.39 is 0 Å². The van der Waals surface area contributed by atoms with Gasteiger partial charge in [0, 0.05) is 45.8 Å². The summed E-state index contributed by atoms with van der Waals surface area (Å²) in [5, 5.41) is 9.02. The Balaban J connectivity index is 1.29. The van der Waals surface area contributed by atoms with Crippen LogP contribution in [0.5, 0.6) is 0 Å². The first-order chi connectivity index (χ1) is 15.2. The van der Waals surface area contributed by atoms with Gasteiger partial charge in [-0.2, -0.15) is 0 Å². The van der Waals surface area contributed by atoms with Gasteiger partial charge in [-0.15, -0.1) is 22.7 Å². The van der Waals surface area contributed by atoms with Crippen molar-refractivity contribution in [2.24, 2.45) is 0 Å². The number of nitrogens with one attached hydrogen (secondary N) is 1. The van der Waals surface area contributed by atoms with E-state index in [4.69, 9.17) is 16.3 Å². The van der Waals surface area contributed by atoms with Crippen molar-refractivity contribution in [1.82, 2.24) is 9.97 Å². The minimum Gasteiger partial charge on any atom is -0.378 e. The van der Waals surface area contributed by atoms with Crippen LogP contribution in [-0.4, -0.2) is 36.3 Å². The molecule has 0 radical (unpaired) electrons. The van der Waals surface area contributed by atoms with E-state index in [2.05, 4.69) is 44.5 Å². The number of aromatic nitrogens is 2. The Labute approximate surface area is 192 Å². The number of rotatable bonds is 5. The molecule has 9 heteroatoms. The fraction of sp³-hybridized carbons (Fsp3) is 0.182. The number of ether oxygens (including phenoxy) is 1. The standard InChI is InChI=1S/C22H18ClFN4OS2/c23-14-1-6-17(18(24)11-14)19-12-30-21(26-19)20-13-31-22(27-20)25-15-2-4-16(5-3-15)28-7-9-29-10-8-28/h1-6,11-13H,7-10H2,(H,25,27). The molecule has 0 saturated carbocycles. The lowest BCUT2D eigenvalue weighted by atomic mass is 10.1. The number of hydrogen-bond acceptors (Lipinski definition) is 7. The van der Waals surface area contributed by atoms with Crippen molar-refractivity contribution >= 4 is 50.8 Å². The maximum absolute atomic E-state index is 14.2. The van der Waals surface area contributed by atoms with Crippen LogP contribution in [0.3, 0.4) is 0 Å². The summed E-state index contributed by atoms with van der Waals surface area (Å²) in [5.74, 6) is -0.384. The van der Waals surface area contributed by atoms with E-state index in [1.54, 1.807) is 12.1 Å². The van der Waals surface area contributed by atoms with Crippen molar-refractivity contribution in [1.29, 1.82) is 0 Å². The van der Waals surface area contributed by atoms with Gasteiger partial charge in [0.25, 0.3) is 0 Å². The molecule has 31 heavy (non-hydrogen) atoms. The summed E-state index contributed by atoms with van der Waals surface area (Å²) in [7, 11) is 0. The highest BCUT2D eigenvalue weighted by Gasteiger charge is 2.14. The molecule has 5 nitrogen and oxygen atoms in total. The molecule has 0 amide bonds. The third-order valence-corrected chi connectivity index (χ3v) is 6.79. The van der Waals surface area contributed by atoms with Crippen molar-refractivity contribution in [2.45, 2.75) is 0 Å². The maximum Gasteiger partial charge on any atom is 0.187 e. The highest BCUT2D eigenvalue weighted by atomic mass is 35.5. The largest absolute Gasteiger partial charge is 0.378 e. The third-order valence-electron chi connectivity index (χ3n) is 4.93. The lowest BCUT2D eigenvalue weighted by molar-refractivity contribution is 0.122. The van der Waals surface area contributed by atoms with Crippen LogP contribution < -0.4 is 10.2 Å². The average Bonchev–Trinajstić information content (AvgIpc) is 3.45. The second-order valence-electron chi connectivity index (χ2n) is 6.97. The zero-order valence-electron chi connectivity index (χ0n) is 16.3. The molecule has 1 N–H and O–H groups in total. The van der Waals surface area contributed by atoms with Gasteiger partial charge in [-0.05, 0) is 42.5 Å². The molecule has 2 aromatic carbocycles. The van der Waals surface area contributed by atoms with Crippen molar-refractivity contribution < 1.29 is 9.13 Å². The van der Waals surface area contributed by atoms with Crippen LogP contribution in [0.25, 0.3) is 22.0 Å². The monoisotopic (exact) mass is 472 g/mol. The summed E-state index contributed by atoms with van der Waals surface area (Å²) in [5.41, 5.74) is 3.94. The molecule has 4 aromatic rings. The maximum atomic E-state index is 14.2. The molecule has 2 aromatic heterocycles. The summed E-state index contributed by atoms with van der Waals surface area (Å²) in [4.78, 5) is 11.5. The van der Waals surface area contributed by atoms with Crippen LogP contribution in [0.4, 0.5) is 20.9 Å². The second kappa shape index (κ2) is 8.92. The molecule has 0 spiro atoms. The SMILES string of the molecule is Fc1cc(Cl)ccc1-c1csc(-c2csc(Nc3ccc(N4CCOCC4)cc3)n2)n1. The van der Waals surface area contributed by atoms with Gasteiger partial charge in [-0.25, -0.2) is 14.4 Å². The van der Waals surface area contributed by atoms with Crippen molar-refractivity contribution in [3.63, 3.8) is 0 Å². The minimum absolute atomic E-state index is 0.366. The summed E-state index contributed by atoms with van der Waals surface area (Å²) < 4.78 is 19.6. The Morgan fingerprint density at radius 2 is 1.74 bits per heavy atom. The van der Waals surface area contributed by atoms with Crippen molar-refractivity contribution in [3.8, 4) is 22.0 Å². The van der Waals surface area contributed by atoms with Crippen LogP contribution in [0.2, 0.25) is 5.02 Å². The highest BCUT2D eigenvalue weighted by Crippen LogP contribution is 2.33. The molecule has 3 heterocycles. The summed E-state index contributed by atoms with van der Waals surface area (Å²) in [6.07, 6.45) is 0. The van der Waals surface area contributed by atoms with Crippen LogP contribution in [0, 0.1) is 5.82 Å². The zero-order chi connectivity index (χ0) is 21.2. The predicted octanol–water partition coefficient (Wildman–Crippen LogP) is 6.31. The van der Waals surface area contributed by atoms with E-state index in [9.17, 15) is 4.39 Å². The van der Waals surface area contributed by atoms with E-state index >= 15 is 0 Å². The predicted molar refractivity (Wildman–Crippen MR) is 126 cm³/mol. The van der Waals surface area contributed by atoms with Crippen LogP contribution in [-0.2, 0) is 4.74 Å². The molecule has 0 unspecified atom stereocenters. The van der Waals surface area contributed by atoms with Gasteiger partial charge in [0.15, 0.2) is 5.13 Å². The molecule has 1 fully saturated rings. The first-order valence-electron chi connectivity index (χ1n) is 9.72. The molecular formula is C22H18ClFN4OS2. The Morgan fingerprint density at radius 1 is 0.968 bits per heavy atom. The first kappa shape index (κ1) is 20.4. The van der Waals surface area contributed by atoms with E-state index in [1.807, 2.05) is 10.8 Å². The molecule has 1 aliphatic rings. The number of nitrogens with zero attached hydrogens (tertiary/aromatic N) is 3. The molecule has 1 saturated heterocycles. The van der Waals surface area contributed by atoms with Crippen LogP contribution >= 0.6 is 34.3 Å². The molecular weight excluding hydrogens is 455 g/mol. The number of morpholine rings is 1. The average molecular weight is 473 g/mol. The van der Waals surface area contributed by atoms with E-state index in [1.165, 1.54) is 34.4 Å². The zero-order valence-corrected chi connectivity index (χ0v) is 18.7. The van der Waals surface area contributed by atoms with Gasteiger partial charge < -0.3 is 15.0 Å². The third kappa shape index (κ3) is 4.57. The highest BCUT2D eigenvalue weighted by molar-refractivity contribution is 7.15. The Bertz CT molecular complexity index is 1190. The number of thiazole rings is 2. The smallest absolute Gasteiger partial charge is 0.187 e. The Hall–Kier alpha value is -2.52. The van der Waals surface area contributed by atoms with E-state index in [0.29, 0.717) is 16.3 Å². The van der Waals surface area contributed by atoms with Gasteiger partial charge in [0.1, 0.15) is 16.5 Å². The van der Waals surface area contributed by atoms with Gasteiger partial charge in [0.05, 0.1) is 18.9 Å². The first-order valence-corrected chi connectivity index (χ1v) is 11.9. The summed E-state index contributed by atoms with van der Waals surface area (Å²) in [6.45, 7) is 3.37. The summed E-state index contributed by atoms with van der Waals surface area (Å²) in [6, 6.07) is 12.9. The Morgan fingerprint density at radius 3 is 2.52 bits per heavy atom. The number of hydrogen-bond donors (Lipinski definition) is 1. The number of benzene rings is 2. The van der Waals surface area contributed by atoms with Crippen LogP contribution in [0.1, 0.15) is 0 Å². The van der Waals surface area contributed by atoms with Gasteiger partial charge >= 0.3 is 0 Å². The van der Waals surface area contributed by atoms with E-state index in [-0.39, 0.29) is 5.82 Å². The lowest BCUT2D eigenvalue weighted by Gasteiger charge is -2.28. The molecule has 158 valence electrons. The normalized spacial score (nSPS) is 14.1. The number of anilines is 3. The quantitative estimate of drug-likeness (QED) is 0.369. The van der Waals surface area contributed by atoms with E-state index in [0.717, 1.165) is 47.8 Å². The fourth-order valence-corrected chi connectivity index (χ4v) is 5.07. The second-order valence-corrected chi connectivity index (χ2v) is 9.12. The molecule has 0 bridgehead atoms. The molecule has 0 aliphatic carbocycles. The topological polar surface area (TPSA) is 50.3 Å². The lowest BCUT2D eigenvalue weighted by Crippen LogP contribution is -2.36. The van der Waals surface area contributed by atoms with Gasteiger partial charge in [-0.1, -0.05) is 11.6 Å². The van der Waals surface area contributed by atoms with Crippen molar-refractivity contribution in [2.75, 3.05) is 36.5 Å².